The molecule has 0 atom stereocenters. The molecular formula is C24H23I2N3Pt. The second-order valence-electron chi connectivity index (χ2n) is 6.75. The summed E-state index contributed by atoms with van der Waals surface area (Å²) in [5, 5.41) is 0. The predicted octanol–water partition coefficient (Wildman–Crippen LogP) is 6.81. The Bertz CT molecular complexity index is 1090. The van der Waals surface area contributed by atoms with E-state index in [0.717, 1.165) is 13.1 Å². The van der Waals surface area contributed by atoms with Gasteiger partial charge in [-0.15, -0.1) is 0 Å². The first kappa shape index (κ1) is 23.6. The van der Waals surface area contributed by atoms with Crippen LogP contribution in [0.25, 0.3) is 11.3 Å². The first-order chi connectivity index (χ1) is 14.5. The minimum Gasteiger partial charge on any atom is -0.184 e. The Morgan fingerprint density at radius 3 is 1.80 bits per heavy atom. The van der Waals surface area contributed by atoms with E-state index in [1.807, 2.05) is 6.07 Å². The van der Waals surface area contributed by atoms with Crippen LogP contribution in [0.5, 0.6) is 0 Å². The fourth-order valence-electron chi connectivity index (χ4n) is 3.06. The number of benzene rings is 3. The molecule has 1 aromatic heterocycles. The summed E-state index contributed by atoms with van der Waals surface area (Å²) in [5.41, 5.74) is 5.18. The number of imidazole rings is 1. The molecule has 4 rings (SSSR count). The molecule has 0 fully saturated rings. The van der Waals surface area contributed by atoms with Crippen molar-refractivity contribution in [3.63, 3.8) is 0 Å². The normalized spacial score (nSPS) is 10.6. The summed E-state index contributed by atoms with van der Waals surface area (Å²) in [4.78, 5) is 0. The summed E-state index contributed by atoms with van der Waals surface area (Å²) < 4.78 is 7.86. The van der Waals surface area contributed by atoms with E-state index >= 15 is 0 Å². The number of aryl methyl sites for hydroxylation is 1. The summed E-state index contributed by atoms with van der Waals surface area (Å²) >= 11 is 6.92. The van der Waals surface area contributed by atoms with Gasteiger partial charge in [0.15, 0.2) is 0 Å². The number of halogens is 2. The van der Waals surface area contributed by atoms with Gasteiger partial charge < -0.3 is 0 Å². The van der Waals surface area contributed by atoms with Crippen molar-refractivity contribution in [2.45, 2.75) is 13.1 Å². The number of hydrogen-bond acceptors (Lipinski definition) is 1. The third kappa shape index (κ3) is 7.01. The fourth-order valence-corrected chi connectivity index (χ4v) is 4.44. The number of rotatable bonds is 5. The molecule has 0 N–H and O–H groups in total. The first-order valence-electron chi connectivity index (χ1n) is 9.48. The standard InChI is InChI=1S/C17H16N2.C7H7I2N.Pt/c1-18-13-17(16-10-6-3-7-11-16)19(14-18)12-15-8-4-2-5-9-15;8-10(9)6-7-4-2-1-3-5-7;/h2-11,13H,12H2,1H3;1-5H,6H2;. The fraction of sp³-hybridized carbons (Fsp3) is 0.125. The van der Waals surface area contributed by atoms with Crippen LogP contribution in [0.3, 0.4) is 0 Å². The zero-order valence-corrected chi connectivity index (χ0v) is 23.2. The molecule has 3 nitrogen and oxygen atoms in total. The van der Waals surface area contributed by atoms with E-state index in [0.29, 0.717) is 0 Å². The maximum atomic E-state index is 2.39. The van der Waals surface area contributed by atoms with E-state index < -0.39 is 0 Å². The van der Waals surface area contributed by atoms with Crippen molar-refractivity contribution in [2.24, 2.45) is 7.05 Å². The van der Waals surface area contributed by atoms with E-state index in [9.17, 15) is 0 Å². The predicted molar refractivity (Wildman–Crippen MR) is 138 cm³/mol. The molecule has 0 spiro atoms. The Kier molecular flexibility index (Phi) is 9.55. The molecule has 158 valence electrons. The van der Waals surface area contributed by atoms with Crippen molar-refractivity contribution < 1.29 is 19.4 Å². The van der Waals surface area contributed by atoms with Gasteiger partial charge in [-0.3, -0.25) is 0 Å². The van der Waals surface area contributed by atoms with Gasteiger partial charge in [0, 0.05) is 52.3 Å². The van der Waals surface area contributed by atoms with Gasteiger partial charge in [0.25, 0.3) is 0 Å². The van der Waals surface area contributed by atoms with E-state index in [1.54, 1.807) is 0 Å². The molecule has 0 aliphatic heterocycles. The maximum Gasteiger partial charge on any atom is 0.0435 e. The van der Waals surface area contributed by atoms with Crippen molar-refractivity contribution in [3.05, 3.63) is 112 Å². The largest absolute Gasteiger partial charge is 0.184 e. The molecule has 1 heterocycles. The van der Waals surface area contributed by atoms with Crippen LogP contribution >= 0.6 is 45.7 Å². The second kappa shape index (κ2) is 12.1. The zero-order valence-electron chi connectivity index (χ0n) is 16.6. The molecule has 0 aliphatic carbocycles. The minimum absolute atomic E-state index is 0.894. The van der Waals surface area contributed by atoms with Crippen LogP contribution in [0.1, 0.15) is 11.1 Å². The Balaban J connectivity index is 0.000000216. The average Bonchev–Trinajstić information content (AvgIpc) is 3.04. The molecule has 0 bridgehead atoms. The van der Waals surface area contributed by atoms with E-state index in [1.165, 1.54) is 26.2 Å². The third-order valence-electron chi connectivity index (χ3n) is 4.48. The van der Waals surface area contributed by atoms with Crippen molar-refractivity contribution in [1.82, 2.24) is 10.5 Å². The molecule has 0 saturated heterocycles. The molecule has 30 heavy (non-hydrogen) atoms. The molecule has 0 aliphatic rings. The van der Waals surface area contributed by atoms with Gasteiger partial charge in [0.2, 0.25) is 0 Å². The smallest absolute Gasteiger partial charge is 0.0435 e. The van der Waals surface area contributed by atoms with Gasteiger partial charge in [0.1, 0.15) is 0 Å². The quantitative estimate of drug-likeness (QED) is 0.160. The van der Waals surface area contributed by atoms with Gasteiger partial charge in [-0.25, -0.2) is 0 Å². The average molecular weight is 802 g/mol. The van der Waals surface area contributed by atoms with Crippen LogP contribution in [0.15, 0.2) is 97.2 Å². The number of aromatic nitrogens is 2. The van der Waals surface area contributed by atoms with Gasteiger partial charge in [-0.2, -0.15) is 1.33 Å². The molecule has 0 radical (unpaired) electrons. The minimum atomic E-state index is 0.894. The van der Waals surface area contributed by atoms with Gasteiger partial charge in [0.05, 0.1) is 0 Å². The summed E-state index contributed by atoms with van der Waals surface area (Å²) in [6.45, 7) is 1.90. The topological polar surface area (TPSA) is 13.1 Å². The Morgan fingerprint density at radius 2 is 1.27 bits per heavy atom. The Hall–Kier alpha value is -1.02. The zero-order chi connectivity index (χ0) is 21.3. The molecule has 0 saturated carbocycles. The molecule has 6 heteroatoms. The molecular weight excluding hydrogens is 779 g/mol. The van der Waals surface area contributed by atoms with Crippen molar-refractivity contribution >= 4 is 45.7 Å². The summed E-state index contributed by atoms with van der Waals surface area (Å²) in [6, 6.07) is 31.5. The Morgan fingerprint density at radius 1 is 0.767 bits per heavy atom. The third-order valence-corrected chi connectivity index (χ3v) is 6.58. The van der Waals surface area contributed by atoms with E-state index in [4.69, 9.17) is 0 Å². The van der Waals surface area contributed by atoms with Crippen LogP contribution in [0, 0.1) is 3.80 Å². The van der Waals surface area contributed by atoms with Gasteiger partial charge in [-0.1, -0.05) is 30.3 Å². The van der Waals surface area contributed by atoms with Crippen LogP contribution < -0.4 is 0 Å². The molecule has 0 unspecified atom stereocenters. The summed E-state index contributed by atoms with van der Waals surface area (Å²) in [6.07, 6.45) is 2.20. The Labute approximate surface area is 217 Å². The van der Waals surface area contributed by atoms with Crippen LogP contribution in [-0.2, 0) is 39.5 Å². The van der Waals surface area contributed by atoms with Crippen molar-refractivity contribution in [3.8, 4) is 11.3 Å². The molecule has 0 amide bonds. The van der Waals surface area contributed by atoms with Crippen molar-refractivity contribution in [2.75, 3.05) is 0 Å². The van der Waals surface area contributed by atoms with Crippen LogP contribution in [0.2, 0.25) is 0 Å². The SMILES string of the molecule is Cn1cc(-c2ccccc2)n(Cc2ccccc2)[c]1=[Pt].IN(I)Cc1ccccc1. The first-order valence-corrected chi connectivity index (χ1v) is 12.5. The van der Waals surface area contributed by atoms with E-state index in [2.05, 4.69) is 174 Å². The van der Waals surface area contributed by atoms with Crippen molar-refractivity contribution in [1.29, 1.82) is 0 Å². The number of nitrogens with zero attached hydrogens (tertiary/aromatic N) is 3. The van der Waals surface area contributed by atoms with E-state index in [-0.39, 0.29) is 0 Å². The number of hydrogen-bond donors (Lipinski definition) is 0. The van der Waals surface area contributed by atoms with Crippen LogP contribution in [0.4, 0.5) is 0 Å². The molecule has 4 aromatic rings. The summed E-state index contributed by atoms with van der Waals surface area (Å²) in [7, 11) is 2.09. The summed E-state index contributed by atoms with van der Waals surface area (Å²) in [5.74, 6) is 0. The molecule has 3 aromatic carbocycles. The van der Waals surface area contributed by atoms with Crippen LogP contribution in [-0.4, -0.2) is 10.5 Å². The second-order valence-corrected chi connectivity index (χ2v) is 11.9. The van der Waals surface area contributed by atoms with Gasteiger partial charge >= 0.3 is 130 Å². The monoisotopic (exact) mass is 802 g/mol. The van der Waals surface area contributed by atoms with Gasteiger partial charge in [-0.05, 0) is 5.56 Å². The maximum absolute atomic E-state index is 2.39.